The lowest BCUT2D eigenvalue weighted by Gasteiger charge is -2.19. The number of carbonyl (C=O) groups excluding carboxylic acids is 2. The summed E-state index contributed by atoms with van der Waals surface area (Å²) < 4.78 is 0. The number of nitrogens with one attached hydrogen (secondary N) is 3. The topological polar surface area (TPSA) is 108 Å². The van der Waals surface area contributed by atoms with Gasteiger partial charge in [0.05, 0.1) is 0 Å². The molecular weight excluding hydrogens is 376 g/mol. The summed E-state index contributed by atoms with van der Waals surface area (Å²) in [5.74, 6) is -0.850. The van der Waals surface area contributed by atoms with Crippen molar-refractivity contribution in [3.8, 4) is 0 Å². The van der Waals surface area contributed by atoms with E-state index in [0.29, 0.717) is 23.2 Å². The van der Waals surface area contributed by atoms with E-state index in [2.05, 4.69) is 10.6 Å². The molecule has 0 aliphatic carbocycles. The molecule has 2 amide bonds. The van der Waals surface area contributed by atoms with Crippen molar-refractivity contribution in [1.82, 2.24) is 10.6 Å². The molecule has 0 aliphatic rings. The summed E-state index contributed by atoms with van der Waals surface area (Å²) in [7, 11) is 0. The van der Waals surface area contributed by atoms with Gasteiger partial charge in [0.25, 0.3) is 5.91 Å². The molecular formula is C24H24N4O2. The zero-order chi connectivity index (χ0) is 21.5. The van der Waals surface area contributed by atoms with Gasteiger partial charge in [-0.2, -0.15) is 0 Å². The van der Waals surface area contributed by atoms with E-state index >= 15 is 0 Å². The van der Waals surface area contributed by atoms with Crippen LogP contribution in [0.5, 0.6) is 0 Å². The Hall–Kier alpha value is -3.93. The number of benzene rings is 3. The zero-order valence-electron chi connectivity index (χ0n) is 16.7. The highest BCUT2D eigenvalue weighted by Gasteiger charge is 2.23. The van der Waals surface area contributed by atoms with Crippen molar-refractivity contribution in [2.24, 2.45) is 5.73 Å². The third-order valence-electron chi connectivity index (χ3n) is 4.66. The van der Waals surface area contributed by atoms with Crippen LogP contribution in [0.1, 0.15) is 38.7 Å². The number of amides is 2. The minimum Gasteiger partial charge on any atom is -0.384 e. The van der Waals surface area contributed by atoms with Crippen LogP contribution >= 0.6 is 0 Å². The first kappa shape index (κ1) is 20.8. The van der Waals surface area contributed by atoms with Crippen molar-refractivity contribution in [2.45, 2.75) is 19.5 Å². The molecule has 0 saturated carbocycles. The number of hydrogen-bond donors (Lipinski definition) is 4. The predicted molar refractivity (Wildman–Crippen MR) is 117 cm³/mol. The number of aryl methyl sites for hydroxylation is 1. The smallest absolute Gasteiger partial charge is 0.252 e. The van der Waals surface area contributed by atoms with Crippen molar-refractivity contribution in [3.63, 3.8) is 0 Å². The maximum atomic E-state index is 13.0. The quantitative estimate of drug-likeness (QED) is 0.361. The first-order valence-corrected chi connectivity index (χ1v) is 9.57. The highest BCUT2D eigenvalue weighted by Crippen LogP contribution is 2.15. The summed E-state index contributed by atoms with van der Waals surface area (Å²) in [6, 6.07) is 22.6. The molecule has 0 unspecified atom stereocenters. The van der Waals surface area contributed by atoms with Gasteiger partial charge in [-0.3, -0.25) is 15.0 Å². The standard InChI is InChI=1S/C24H24N4O2/c1-16-7-5-8-17(13-16)15-27-24(30)21(18-9-3-2-4-10-18)28-23(29)20-12-6-11-19(14-20)22(25)26/h2-14,21H,15H2,1H3,(H3,25,26)(H,27,30)(H,28,29)/t21-/m1/s1. The van der Waals surface area contributed by atoms with E-state index in [1.807, 2.05) is 49.4 Å². The average Bonchev–Trinajstić information content (AvgIpc) is 2.76. The van der Waals surface area contributed by atoms with E-state index in [1.165, 1.54) is 6.07 Å². The summed E-state index contributed by atoms with van der Waals surface area (Å²) in [5.41, 5.74) is 9.06. The number of amidine groups is 1. The lowest BCUT2D eigenvalue weighted by Crippen LogP contribution is -2.40. The van der Waals surface area contributed by atoms with E-state index in [4.69, 9.17) is 11.1 Å². The third kappa shape index (κ3) is 5.32. The van der Waals surface area contributed by atoms with Crippen LogP contribution in [0.15, 0.2) is 78.9 Å². The molecule has 152 valence electrons. The second-order valence-corrected chi connectivity index (χ2v) is 7.02. The first-order chi connectivity index (χ1) is 14.4. The fourth-order valence-electron chi connectivity index (χ4n) is 3.10. The molecule has 1 atom stereocenters. The summed E-state index contributed by atoms with van der Waals surface area (Å²) in [6.45, 7) is 2.35. The zero-order valence-corrected chi connectivity index (χ0v) is 16.7. The second-order valence-electron chi connectivity index (χ2n) is 7.02. The van der Waals surface area contributed by atoms with Gasteiger partial charge in [-0.25, -0.2) is 0 Å². The fourth-order valence-corrected chi connectivity index (χ4v) is 3.10. The normalized spacial score (nSPS) is 11.4. The van der Waals surface area contributed by atoms with Crippen LogP contribution in [0, 0.1) is 12.3 Å². The fraction of sp³-hybridized carbons (Fsp3) is 0.125. The molecule has 3 aromatic carbocycles. The highest BCUT2D eigenvalue weighted by molar-refractivity contribution is 6.01. The van der Waals surface area contributed by atoms with Crippen molar-refractivity contribution < 1.29 is 9.59 Å². The summed E-state index contributed by atoms with van der Waals surface area (Å²) >= 11 is 0. The molecule has 6 heteroatoms. The monoisotopic (exact) mass is 400 g/mol. The Morgan fingerprint density at radius 2 is 1.63 bits per heavy atom. The lowest BCUT2D eigenvalue weighted by atomic mass is 10.0. The van der Waals surface area contributed by atoms with Crippen LogP contribution < -0.4 is 16.4 Å². The Morgan fingerprint density at radius 1 is 0.933 bits per heavy atom. The van der Waals surface area contributed by atoms with Gasteiger partial charge >= 0.3 is 0 Å². The molecule has 30 heavy (non-hydrogen) atoms. The van der Waals surface area contributed by atoms with E-state index < -0.39 is 11.9 Å². The molecule has 0 bridgehead atoms. The Morgan fingerprint density at radius 3 is 2.33 bits per heavy atom. The van der Waals surface area contributed by atoms with E-state index in [9.17, 15) is 9.59 Å². The summed E-state index contributed by atoms with van der Waals surface area (Å²) in [5, 5.41) is 13.3. The highest BCUT2D eigenvalue weighted by atomic mass is 16.2. The van der Waals surface area contributed by atoms with E-state index in [0.717, 1.165) is 11.1 Å². The van der Waals surface area contributed by atoms with E-state index in [1.54, 1.807) is 30.3 Å². The summed E-state index contributed by atoms with van der Waals surface area (Å²) in [4.78, 5) is 25.8. The van der Waals surface area contributed by atoms with Crippen molar-refractivity contribution in [3.05, 3.63) is 107 Å². The molecule has 0 aliphatic heterocycles. The molecule has 0 spiro atoms. The van der Waals surface area contributed by atoms with Crippen LogP contribution in [-0.2, 0) is 11.3 Å². The minimum atomic E-state index is -0.857. The molecule has 3 rings (SSSR count). The van der Waals surface area contributed by atoms with Crippen LogP contribution in [0.2, 0.25) is 0 Å². The molecule has 3 aromatic rings. The van der Waals surface area contributed by atoms with Crippen LogP contribution in [0.4, 0.5) is 0 Å². The van der Waals surface area contributed by atoms with Crippen molar-refractivity contribution in [1.29, 1.82) is 5.41 Å². The number of rotatable bonds is 7. The minimum absolute atomic E-state index is 0.125. The van der Waals surface area contributed by atoms with Crippen molar-refractivity contribution in [2.75, 3.05) is 0 Å². The van der Waals surface area contributed by atoms with Gasteiger partial charge in [-0.1, -0.05) is 72.3 Å². The maximum Gasteiger partial charge on any atom is 0.252 e. The molecule has 5 N–H and O–H groups in total. The SMILES string of the molecule is Cc1cccc(CNC(=O)[C@H](NC(=O)c2cccc(C(=N)N)c2)c2ccccc2)c1. The van der Waals surface area contributed by atoms with Crippen LogP contribution in [0.25, 0.3) is 0 Å². The summed E-state index contributed by atoms with van der Waals surface area (Å²) in [6.07, 6.45) is 0. The van der Waals surface area contributed by atoms with Gasteiger partial charge in [0.1, 0.15) is 11.9 Å². The van der Waals surface area contributed by atoms with Crippen LogP contribution in [-0.4, -0.2) is 17.6 Å². The lowest BCUT2D eigenvalue weighted by molar-refractivity contribution is -0.123. The number of nitrogen functional groups attached to an aromatic ring is 1. The van der Waals surface area contributed by atoms with Gasteiger partial charge in [-0.15, -0.1) is 0 Å². The number of hydrogen-bond acceptors (Lipinski definition) is 3. The molecule has 6 nitrogen and oxygen atoms in total. The maximum absolute atomic E-state index is 13.0. The third-order valence-corrected chi connectivity index (χ3v) is 4.66. The van der Waals surface area contributed by atoms with E-state index in [-0.39, 0.29) is 11.7 Å². The average molecular weight is 400 g/mol. The Kier molecular flexibility index (Phi) is 6.60. The van der Waals surface area contributed by atoms with Gasteiger partial charge < -0.3 is 16.4 Å². The number of carbonyl (C=O) groups is 2. The molecule has 0 heterocycles. The Labute approximate surface area is 175 Å². The molecule has 0 radical (unpaired) electrons. The predicted octanol–water partition coefficient (Wildman–Crippen LogP) is 3.07. The van der Waals surface area contributed by atoms with Gasteiger partial charge in [-0.05, 0) is 30.2 Å². The van der Waals surface area contributed by atoms with Crippen molar-refractivity contribution >= 4 is 17.6 Å². The van der Waals surface area contributed by atoms with Gasteiger partial charge in [0.15, 0.2) is 0 Å². The van der Waals surface area contributed by atoms with Crippen LogP contribution in [0.3, 0.4) is 0 Å². The number of nitrogens with two attached hydrogens (primary N) is 1. The second kappa shape index (κ2) is 9.52. The molecule has 0 saturated heterocycles. The van der Waals surface area contributed by atoms with Gasteiger partial charge in [0.2, 0.25) is 5.91 Å². The first-order valence-electron chi connectivity index (χ1n) is 9.57. The Bertz CT molecular complexity index is 1060. The molecule has 0 fully saturated rings. The largest absolute Gasteiger partial charge is 0.384 e. The Balaban J connectivity index is 1.79. The van der Waals surface area contributed by atoms with Gasteiger partial charge in [0, 0.05) is 17.7 Å². The molecule has 0 aromatic heterocycles.